The number of rotatable bonds is 5. The summed E-state index contributed by atoms with van der Waals surface area (Å²) in [6, 6.07) is 10.1. The Balaban J connectivity index is 2.72. The standard InChI is InChI=1S/C13H20O2/c1-10(14)8-13(9-11(2)15)12-6-4-3-5-7-12/h3-7,10-11,13-15H,8-9H2,1-2H3. The average molecular weight is 208 g/mol. The molecule has 0 aliphatic heterocycles. The summed E-state index contributed by atoms with van der Waals surface area (Å²) in [4.78, 5) is 0. The van der Waals surface area contributed by atoms with Crippen molar-refractivity contribution in [2.24, 2.45) is 0 Å². The molecule has 0 saturated heterocycles. The van der Waals surface area contributed by atoms with Crippen molar-refractivity contribution < 1.29 is 10.2 Å². The van der Waals surface area contributed by atoms with Crippen LogP contribution < -0.4 is 0 Å². The summed E-state index contributed by atoms with van der Waals surface area (Å²) in [5.74, 6) is 0.242. The maximum atomic E-state index is 9.42. The van der Waals surface area contributed by atoms with Crippen molar-refractivity contribution in [3.63, 3.8) is 0 Å². The molecular formula is C13H20O2. The first-order valence-electron chi connectivity index (χ1n) is 5.50. The summed E-state index contributed by atoms with van der Waals surface area (Å²) in [7, 11) is 0. The van der Waals surface area contributed by atoms with Gasteiger partial charge < -0.3 is 10.2 Å². The third-order valence-electron chi connectivity index (χ3n) is 2.52. The highest BCUT2D eigenvalue weighted by molar-refractivity contribution is 5.19. The smallest absolute Gasteiger partial charge is 0.0518 e. The van der Waals surface area contributed by atoms with Crippen LogP contribution in [0.25, 0.3) is 0 Å². The van der Waals surface area contributed by atoms with Crippen LogP contribution in [0, 0.1) is 0 Å². The lowest BCUT2D eigenvalue weighted by molar-refractivity contribution is 0.141. The predicted octanol–water partition coefficient (Wildman–Crippen LogP) is 2.31. The van der Waals surface area contributed by atoms with E-state index in [1.54, 1.807) is 13.8 Å². The molecule has 2 atom stereocenters. The minimum absolute atomic E-state index is 0.242. The van der Waals surface area contributed by atoms with Gasteiger partial charge in [-0.1, -0.05) is 30.3 Å². The molecule has 2 nitrogen and oxygen atoms in total. The zero-order valence-electron chi connectivity index (χ0n) is 9.43. The van der Waals surface area contributed by atoms with Crippen LogP contribution in [0.4, 0.5) is 0 Å². The van der Waals surface area contributed by atoms with Gasteiger partial charge in [0.1, 0.15) is 0 Å². The summed E-state index contributed by atoms with van der Waals surface area (Å²) in [5.41, 5.74) is 1.19. The van der Waals surface area contributed by atoms with Crippen molar-refractivity contribution in [3.8, 4) is 0 Å². The van der Waals surface area contributed by atoms with Crippen molar-refractivity contribution in [2.45, 2.75) is 44.8 Å². The molecule has 84 valence electrons. The molecule has 0 heterocycles. The molecule has 1 rings (SSSR count). The van der Waals surface area contributed by atoms with Crippen molar-refractivity contribution in [1.29, 1.82) is 0 Å². The lowest BCUT2D eigenvalue weighted by Crippen LogP contribution is -2.14. The molecule has 0 saturated carbocycles. The van der Waals surface area contributed by atoms with Crippen LogP contribution >= 0.6 is 0 Å². The summed E-state index contributed by atoms with van der Waals surface area (Å²) < 4.78 is 0. The van der Waals surface area contributed by atoms with E-state index in [9.17, 15) is 10.2 Å². The van der Waals surface area contributed by atoms with E-state index >= 15 is 0 Å². The van der Waals surface area contributed by atoms with E-state index in [4.69, 9.17) is 0 Å². The Labute approximate surface area is 91.6 Å². The van der Waals surface area contributed by atoms with Gasteiger partial charge in [0, 0.05) is 0 Å². The van der Waals surface area contributed by atoms with Crippen LogP contribution in [0.5, 0.6) is 0 Å². The third-order valence-corrected chi connectivity index (χ3v) is 2.52. The van der Waals surface area contributed by atoms with Crippen LogP contribution in [0.15, 0.2) is 30.3 Å². The Morgan fingerprint density at radius 2 is 1.40 bits per heavy atom. The Morgan fingerprint density at radius 3 is 1.80 bits per heavy atom. The molecule has 0 aliphatic carbocycles. The third kappa shape index (κ3) is 4.45. The highest BCUT2D eigenvalue weighted by Crippen LogP contribution is 2.26. The topological polar surface area (TPSA) is 40.5 Å². The molecule has 1 aromatic carbocycles. The van der Waals surface area contributed by atoms with E-state index in [-0.39, 0.29) is 18.1 Å². The van der Waals surface area contributed by atoms with Gasteiger partial charge in [0.25, 0.3) is 0 Å². The van der Waals surface area contributed by atoms with Gasteiger partial charge in [-0.25, -0.2) is 0 Å². The maximum absolute atomic E-state index is 9.42. The fourth-order valence-electron chi connectivity index (χ4n) is 1.92. The Kier molecular flexibility index (Phi) is 4.79. The molecule has 15 heavy (non-hydrogen) atoms. The van der Waals surface area contributed by atoms with Crippen molar-refractivity contribution in [1.82, 2.24) is 0 Å². The van der Waals surface area contributed by atoms with Crippen molar-refractivity contribution in [3.05, 3.63) is 35.9 Å². The molecule has 0 amide bonds. The zero-order chi connectivity index (χ0) is 11.3. The predicted molar refractivity (Wildman–Crippen MR) is 61.8 cm³/mol. The van der Waals surface area contributed by atoms with Crippen LogP contribution in [-0.4, -0.2) is 22.4 Å². The highest BCUT2D eigenvalue weighted by Gasteiger charge is 2.15. The normalized spacial score (nSPS) is 17.1. The van der Waals surface area contributed by atoms with Gasteiger partial charge in [-0.15, -0.1) is 0 Å². The van der Waals surface area contributed by atoms with E-state index in [1.165, 1.54) is 5.56 Å². The largest absolute Gasteiger partial charge is 0.393 e. The number of aliphatic hydroxyl groups excluding tert-OH is 2. The molecule has 0 aliphatic rings. The second-order valence-corrected chi connectivity index (χ2v) is 4.28. The Morgan fingerprint density at radius 1 is 0.933 bits per heavy atom. The summed E-state index contributed by atoms with van der Waals surface area (Å²) in [6.45, 7) is 3.58. The minimum Gasteiger partial charge on any atom is -0.393 e. The van der Waals surface area contributed by atoms with E-state index in [1.807, 2.05) is 18.2 Å². The maximum Gasteiger partial charge on any atom is 0.0518 e. The molecule has 0 fully saturated rings. The highest BCUT2D eigenvalue weighted by atomic mass is 16.3. The minimum atomic E-state index is -0.325. The summed E-state index contributed by atoms with van der Waals surface area (Å²) in [6.07, 6.45) is 0.756. The van der Waals surface area contributed by atoms with Gasteiger partial charge in [0.15, 0.2) is 0 Å². The molecule has 2 N–H and O–H groups in total. The van der Waals surface area contributed by atoms with Crippen LogP contribution in [0.2, 0.25) is 0 Å². The van der Waals surface area contributed by atoms with E-state index in [0.29, 0.717) is 12.8 Å². The van der Waals surface area contributed by atoms with E-state index < -0.39 is 0 Å². The average Bonchev–Trinajstić information content (AvgIpc) is 2.17. The van der Waals surface area contributed by atoms with Crippen LogP contribution in [0.1, 0.15) is 38.2 Å². The second kappa shape index (κ2) is 5.89. The van der Waals surface area contributed by atoms with Crippen LogP contribution in [-0.2, 0) is 0 Å². The molecule has 2 heteroatoms. The van der Waals surface area contributed by atoms with Gasteiger partial charge in [-0.3, -0.25) is 0 Å². The number of hydrogen-bond donors (Lipinski definition) is 2. The molecule has 1 aromatic rings. The number of hydrogen-bond acceptors (Lipinski definition) is 2. The van der Waals surface area contributed by atoms with Crippen molar-refractivity contribution >= 4 is 0 Å². The lowest BCUT2D eigenvalue weighted by Gasteiger charge is -2.20. The lowest BCUT2D eigenvalue weighted by atomic mass is 9.89. The SMILES string of the molecule is CC(O)CC(CC(C)O)c1ccccc1. The second-order valence-electron chi connectivity index (χ2n) is 4.28. The monoisotopic (exact) mass is 208 g/mol. The molecule has 2 unspecified atom stereocenters. The van der Waals surface area contributed by atoms with E-state index in [2.05, 4.69) is 12.1 Å². The zero-order valence-corrected chi connectivity index (χ0v) is 9.43. The van der Waals surface area contributed by atoms with E-state index in [0.717, 1.165) is 0 Å². The van der Waals surface area contributed by atoms with Gasteiger partial charge in [-0.05, 0) is 38.2 Å². The molecular weight excluding hydrogens is 188 g/mol. The first-order chi connectivity index (χ1) is 7.09. The summed E-state index contributed by atoms with van der Waals surface area (Å²) in [5, 5.41) is 18.8. The fraction of sp³-hybridized carbons (Fsp3) is 0.538. The quantitative estimate of drug-likeness (QED) is 0.779. The number of benzene rings is 1. The van der Waals surface area contributed by atoms with Gasteiger partial charge in [0.05, 0.1) is 12.2 Å². The van der Waals surface area contributed by atoms with Crippen LogP contribution in [0.3, 0.4) is 0 Å². The molecule has 0 bridgehead atoms. The van der Waals surface area contributed by atoms with Gasteiger partial charge in [0.2, 0.25) is 0 Å². The molecule has 0 spiro atoms. The summed E-state index contributed by atoms with van der Waals surface area (Å²) >= 11 is 0. The first kappa shape index (κ1) is 12.2. The molecule has 0 radical (unpaired) electrons. The van der Waals surface area contributed by atoms with Gasteiger partial charge in [-0.2, -0.15) is 0 Å². The van der Waals surface area contributed by atoms with Gasteiger partial charge >= 0.3 is 0 Å². The molecule has 0 aromatic heterocycles. The Hall–Kier alpha value is -0.860. The Bertz CT molecular complexity index is 257. The fourth-order valence-corrected chi connectivity index (χ4v) is 1.92. The van der Waals surface area contributed by atoms with Crippen molar-refractivity contribution in [2.75, 3.05) is 0 Å². The number of aliphatic hydroxyl groups is 2. The first-order valence-corrected chi connectivity index (χ1v) is 5.50.